The van der Waals surface area contributed by atoms with E-state index in [4.69, 9.17) is 4.74 Å². The zero-order valence-corrected chi connectivity index (χ0v) is 15.8. The molecule has 3 aromatic carbocycles. The summed E-state index contributed by atoms with van der Waals surface area (Å²) < 4.78 is 5.28. The summed E-state index contributed by atoms with van der Waals surface area (Å²) in [5.74, 6) is 0.890. The fourth-order valence-electron chi connectivity index (χ4n) is 3.21. The Morgan fingerprint density at radius 1 is 0.923 bits per heavy atom. The largest absolute Gasteiger partial charge is 0.497 e. The van der Waals surface area contributed by atoms with Crippen molar-refractivity contribution >= 4 is 0 Å². The van der Waals surface area contributed by atoms with Crippen molar-refractivity contribution in [1.82, 2.24) is 5.32 Å². The van der Waals surface area contributed by atoms with E-state index < -0.39 is 0 Å². The Morgan fingerprint density at radius 2 is 1.65 bits per heavy atom. The predicted molar refractivity (Wildman–Crippen MR) is 110 cm³/mol. The second-order valence-corrected chi connectivity index (χ2v) is 6.59. The van der Waals surface area contributed by atoms with Gasteiger partial charge in [0.25, 0.3) is 0 Å². The maximum Gasteiger partial charge on any atom is 0.118 e. The van der Waals surface area contributed by atoms with Crippen LogP contribution in [0.4, 0.5) is 0 Å². The molecule has 2 nitrogen and oxygen atoms in total. The molecule has 1 atom stereocenters. The van der Waals surface area contributed by atoms with Crippen LogP contribution in [0.2, 0.25) is 0 Å². The first-order valence-electron chi connectivity index (χ1n) is 9.25. The average Bonchev–Trinajstić information content (AvgIpc) is 2.72. The van der Waals surface area contributed by atoms with Crippen LogP contribution in [0, 0.1) is 0 Å². The Hall–Kier alpha value is -2.58. The van der Waals surface area contributed by atoms with Gasteiger partial charge in [0, 0.05) is 12.6 Å². The quantitative estimate of drug-likeness (QED) is 0.586. The highest BCUT2D eigenvalue weighted by Crippen LogP contribution is 2.27. The number of benzene rings is 3. The third kappa shape index (κ3) is 4.33. The molecular weight excluding hydrogens is 318 g/mol. The Bertz CT molecular complexity index is 825. The van der Waals surface area contributed by atoms with Crippen LogP contribution >= 0.6 is 0 Å². The van der Waals surface area contributed by atoms with Crippen molar-refractivity contribution in [3.63, 3.8) is 0 Å². The third-order valence-corrected chi connectivity index (χ3v) is 4.87. The SMILES string of the molecule is CCc1ccc(CNC(C)c2ccccc2)cc1-c1ccc(OC)cc1. The number of nitrogens with one attached hydrogen (secondary N) is 1. The van der Waals surface area contributed by atoms with Crippen LogP contribution in [0.25, 0.3) is 11.1 Å². The van der Waals surface area contributed by atoms with Gasteiger partial charge < -0.3 is 10.1 Å². The molecule has 0 aliphatic rings. The van der Waals surface area contributed by atoms with Gasteiger partial charge in [0.05, 0.1) is 7.11 Å². The molecule has 0 radical (unpaired) electrons. The summed E-state index contributed by atoms with van der Waals surface area (Å²) in [5, 5.41) is 3.63. The molecule has 0 saturated heterocycles. The molecular formula is C24H27NO. The van der Waals surface area contributed by atoms with E-state index in [1.54, 1.807) is 7.11 Å². The van der Waals surface area contributed by atoms with E-state index in [0.29, 0.717) is 6.04 Å². The van der Waals surface area contributed by atoms with Crippen LogP contribution in [0.1, 0.15) is 36.6 Å². The van der Waals surface area contributed by atoms with Crippen molar-refractivity contribution in [2.24, 2.45) is 0 Å². The van der Waals surface area contributed by atoms with Gasteiger partial charge in [-0.1, -0.05) is 61.5 Å². The monoisotopic (exact) mass is 345 g/mol. The zero-order chi connectivity index (χ0) is 18.4. The summed E-state index contributed by atoms with van der Waals surface area (Å²) in [7, 11) is 1.70. The van der Waals surface area contributed by atoms with E-state index >= 15 is 0 Å². The minimum absolute atomic E-state index is 0.325. The van der Waals surface area contributed by atoms with Crippen molar-refractivity contribution in [3.05, 3.63) is 89.5 Å². The van der Waals surface area contributed by atoms with Crippen LogP contribution in [-0.2, 0) is 13.0 Å². The van der Waals surface area contributed by atoms with Crippen molar-refractivity contribution in [1.29, 1.82) is 0 Å². The maximum absolute atomic E-state index is 5.28. The molecule has 134 valence electrons. The fraction of sp³-hybridized carbons (Fsp3) is 0.250. The van der Waals surface area contributed by atoms with E-state index in [-0.39, 0.29) is 0 Å². The molecule has 0 aromatic heterocycles. The second kappa shape index (κ2) is 8.68. The van der Waals surface area contributed by atoms with Crippen LogP contribution in [0.15, 0.2) is 72.8 Å². The first-order chi connectivity index (χ1) is 12.7. The fourth-order valence-corrected chi connectivity index (χ4v) is 3.21. The maximum atomic E-state index is 5.28. The Kier molecular flexibility index (Phi) is 6.08. The van der Waals surface area contributed by atoms with Gasteiger partial charge in [-0.15, -0.1) is 0 Å². The molecule has 0 aliphatic heterocycles. The van der Waals surface area contributed by atoms with Crippen LogP contribution in [0.3, 0.4) is 0 Å². The summed E-state index contributed by atoms with van der Waals surface area (Å²) in [4.78, 5) is 0. The molecule has 2 heteroatoms. The lowest BCUT2D eigenvalue weighted by Crippen LogP contribution is -2.18. The standard InChI is InChI=1S/C24H27NO/c1-4-20-11-10-19(17-25-18(2)21-8-6-5-7-9-21)16-24(20)22-12-14-23(26-3)15-13-22/h5-16,18,25H,4,17H2,1-3H3. The molecule has 1 N–H and O–H groups in total. The number of hydrogen-bond donors (Lipinski definition) is 1. The van der Waals surface area contributed by atoms with Gasteiger partial charge in [0.1, 0.15) is 5.75 Å². The number of ether oxygens (including phenoxy) is 1. The first kappa shape index (κ1) is 18.2. The Balaban J connectivity index is 1.78. The van der Waals surface area contributed by atoms with Crippen LogP contribution in [-0.4, -0.2) is 7.11 Å². The highest BCUT2D eigenvalue weighted by atomic mass is 16.5. The zero-order valence-electron chi connectivity index (χ0n) is 15.8. The molecule has 3 rings (SSSR count). The molecule has 0 saturated carbocycles. The van der Waals surface area contributed by atoms with E-state index in [1.165, 1.54) is 27.8 Å². The van der Waals surface area contributed by atoms with Gasteiger partial charge in [0.2, 0.25) is 0 Å². The van der Waals surface area contributed by atoms with Gasteiger partial charge in [0.15, 0.2) is 0 Å². The molecule has 0 fully saturated rings. The van der Waals surface area contributed by atoms with E-state index in [0.717, 1.165) is 18.7 Å². The number of methoxy groups -OCH3 is 1. The summed E-state index contributed by atoms with van der Waals surface area (Å²) in [5.41, 5.74) is 6.53. The second-order valence-electron chi connectivity index (χ2n) is 6.59. The van der Waals surface area contributed by atoms with Crippen molar-refractivity contribution < 1.29 is 4.74 Å². The normalized spacial score (nSPS) is 12.0. The highest BCUT2D eigenvalue weighted by molar-refractivity contribution is 5.69. The van der Waals surface area contributed by atoms with Crippen molar-refractivity contribution in [3.8, 4) is 16.9 Å². The molecule has 3 aromatic rings. The smallest absolute Gasteiger partial charge is 0.118 e. The van der Waals surface area contributed by atoms with Gasteiger partial charge in [-0.3, -0.25) is 0 Å². The lowest BCUT2D eigenvalue weighted by atomic mass is 9.95. The Labute approximate surface area is 156 Å². The summed E-state index contributed by atoms with van der Waals surface area (Å²) >= 11 is 0. The van der Waals surface area contributed by atoms with E-state index in [2.05, 4.69) is 79.8 Å². The first-order valence-corrected chi connectivity index (χ1v) is 9.25. The molecule has 1 unspecified atom stereocenters. The highest BCUT2D eigenvalue weighted by Gasteiger charge is 2.08. The van der Waals surface area contributed by atoms with Crippen molar-refractivity contribution in [2.75, 3.05) is 7.11 Å². The van der Waals surface area contributed by atoms with Gasteiger partial charge >= 0.3 is 0 Å². The van der Waals surface area contributed by atoms with Crippen LogP contribution < -0.4 is 10.1 Å². The molecule has 26 heavy (non-hydrogen) atoms. The van der Waals surface area contributed by atoms with Crippen LogP contribution in [0.5, 0.6) is 5.75 Å². The molecule has 0 aliphatic carbocycles. The summed E-state index contributed by atoms with van der Waals surface area (Å²) in [6.45, 7) is 5.26. The van der Waals surface area contributed by atoms with E-state index in [9.17, 15) is 0 Å². The van der Waals surface area contributed by atoms with Crippen molar-refractivity contribution in [2.45, 2.75) is 32.9 Å². The van der Waals surface area contributed by atoms with Gasteiger partial charge in [-0.05, 0) is 59.4 Å². The van der Waals surface area contributed by atoms with Gasteiger partial charge in [-0.25, -0.2) is 0 Å². The number of aryl methyl sites for hydroxylation is 1. The minimum atomic E-state index is 0.325. The van der Waals surface area contributed by atoms with E-state index in [1.807, 2.05) is 12.1 Å². The molecule has 0 amide bonds. The molecule has 0 spiro atoms. The summed E-state index contributed by atoms with van der Waals surface area (Å²) in [6, 6.07) is 26.0. The lowest BCUT2D eigenvalue weighted by Gasteiger charge is -2.16. The minimum Gasteiger partial charge on any atom is -0.497 e. The number of hydrogen-bond acceptors (Lipinski definition) is 2. The molecule has 0 heterocycles. The predicted octanol–water partition coefficient (Wildman–Crippen LogP) is 5.78. The number of rotatable bonds is 7. The van der Waals surface area contributed by atoms with Gasteiger partial charge in [-0.2, -0.15) is 0 Å². The average molecular weight is 345 g/mol. The summed E-state index contributed by atoms with van der Waals surface area (Å²) in [6.07, 6.45) is 1.02. The lowest BCUT2D eigenvalue weighted by molar-refractivity contribution is 0.415. The Morgan fingerprint density at radius 3 is 2.31 bits per heavy atom. The topological polar surface area (TPSA) is 21.3 Å². The third-order valence-electron chi connectivity index (χ3n) is 4.87. The molecule has 0 bridgehead atoms.